The topological polar surface area (TPSA) is 51.6 Å². The molecule has 0 aliphatic carbocycles. The Kier molecular flexibility index (Phi) is 8.29. The van der Waals surface area contributed by atoms with E-state index in [2.05, 4.69) is 74.5 Å². The second-order valence-electron chi connectivity index (χ2n) is 9.71. The number of aryl methyl sites for hydroxylation is 2. The SMILES string of the molecule is CCCCc1ccc(-c2nc(-c3ccc(-c4ccccc4)nc3)nc(-c3cccc(CCCC)c3)n2)cc1. The Labute approximate surface area is 225 Å². The highest BCUT2D eigenvalue weighted by Gasteiger charge is 2.13. The monoisotopic (exact) mass is 498 g/mol. The van der Waals surface area contributed by atoms with Crippen LogP contribution in [0.4, 0.5) is 0 Å². The fourth-order valence-electron chi connectivity index (χ4n) is 4.52. The Morgan fingerprint density at radius 1 is 0.500 bits per heavy atom. The van der Waals surface area contributed by atoms with Crippen LogP contribution in [0, 0.1) is 0 Å². The molecule has 0 unspecified atom stereocenters. The van der Waals surface area contributed by atoms with Crippen LogP contribution >= 0.6 is 0 Å². The molecule has 5 aromatic rings. The molecular formula is C34H34N4. The lowest BCUT2D eigenvalue weighted by atomic mass is 10.0. The summed E-state index contributed by atoms with van der Waals surface area (Å²) in [6, 6.07) is 31.5. The van der Waals surface area contributed by atoms with E-state index in [1.165, 1.54) is 36.8 Å². The van der Waals surface area contributed by atoms with Gasteiger partial charge in [0, 0.05) is 28.5 Å². The van der Waals surface area contributed by atoms with Crippen molar-refractivity contribution < 1.29 is 0 Å². The normalized spacial score (nSPS) is 11.0. The highest BCUT2D eigenvalue weighted by atomic mass is 15.0. The highest BCUT2D eigenvalue weighted by Crippen LogP contribution is 2.27. The van der Waals surface area contributed by atoms with E-state index in [0.717, 1.165) is 40.8 Å². The second kappa shape index (κ2) is 12.4. The fourth-order valence-corrected chi connectivity index (χ4v) is 4.52. The number of rotatable bonds is 10. The number of aromatic nitrogens is 4. The first-order chi connectivity index (χ1) is 18.7. The quantitative estimate of drug-likeness (QED) is 0.193. The highest BCUT2D eigenvalue weighted by molar-refractivity contribution is 5.68. The number of unbranched alkanes of at least 4 members (excludes halogenated alkanes) is 2. The molecule has 0 aliphatic rings. The molecule has 2 heterocycles. The summed E-state index contributed by atoms with van der Waals surface area (Å²) in [5.41, 5.74) is 7.54. The molecule has 4 heteroatoms. The van der Waals surface area contributed by atoms with Gasteiger partial charge in [-0.15, -0.1) is 0 Å². The molecule has 0 saturated heterocycles. The van der Waals surface area contributed by atoms with Crippen LogP contribution in [0.2, 0.25) is 0 Å². The molecule has 0 saturated carbocycles. The van der Waals surface area contributed by atoms with Gasteiger partial charge in [0.25, 0.3) is 0 Å². The van der Waals surface area contributed by atoms with Crippen LogP contribution in [0.25, 0.3) is 45.4 Å². The summed E-state index contributed by atoms with van der Waals surface area (Å²) in [5.74, 6) is 2.00. The first-order valence-electron chi connectivity index (χ1n) is 13.7. The van der Waals surface area contributed by atoms with Crippen molar-refractivity contribution in [2.45, 2.75) is 52.4 Å². The standard InChI is InChI=1S/C34H34N4/c1-3-5-11-25-17-19-28(20-18-25)32-36-33(29-16-10-13-26(23-29)12-6-4-2)38-34(37-32)30-21-22-31(35-24-30)27-14-8-7-9-15-27/h7-10,13-24H,3-6,11-12H2,1-2H3. The third-order valence-electron chi connectivity index (χ3n) is 6.76. The fraction of sp³-hybridized carbons (Fsp3) is 0.235. The second-order valence-corrected chi connectivity index (χ2v) is 9.71. The number of hydrogen-bond acceptors (Lipinski definition) is 4. The average Bonchev–Trinajstić information content (AvgIpc) is 2.99. The molecule has 3 aromatic carbocycles. The number of benzene rings is 3. The molecular weight excluding hydrogens is 464 g/mol. The van der Waals surface area contributed by atoms with E-state index in [1.54, 1.807) is 0 Å². The van der Waals surface area contributed by atoms with E-state index in [1.807, 2.05) is 36.5 Å². The van der Waals surface area contributed by atoms with Gasteiger partial charge in [-0.25, -0.2) is 15.0 Å². The molecule has 0 radical (unpaired) electrons. The number of pyridine rings is 1. The van der Waals surface area contributed by atoms with Crippen LogP contribution in [-0.2, 0) is 12.8 Å². The van der Waals surface area contributed by atoms with Crippen molar-refractivity contribution >= 4 is 0 Å². The zero-order valence-electron chi connectivity index (χ0n) is 22.3. The molecule has 0 atom stereocenters. The Morgan fingerprint density at radius 2 is 1.11 bits per heavy atom. The Morgan fingerprint density at radius 3 is 1.76 bits per heavy atom. The van der Waals surface area contributed by atoms with Gasteiger partial charge in [0.15, 0.2) is 17.5 Å². The van der Waals surface area contributed by atoms with Gasteiger partial charge in [0.2, 0.25) is 0 Å². The smallest absolute Gasteiger partial charge is 0.165 e. The van der Waals surface area contributed by atoms with Crippen LogP contribution in [-0.4, -0.2) is 19.9 Å². The minimum atomic E-state index is 0.631. The summed E-state index contributed by atoms with van der Waals surface area (Å²) >= 11 is 0. The van der Waals surface area contributed by atoms with Crippen molar-refractivity contribution in [2.75, 3.05) is 0 Å². The van der Waals surface area contributed by atoms with Crippen molar-refractivity contribution in [1.29, 1.82) is 0 Å². The summed E-state index contributed by atoms with van der Waals surface area (Å²) < 4.78 is 0. The molecule has 0 aliphatic heterocycles. The van der Waals surface area contributed by atoms with Crippen LogP contribution < -0.4 is 0 Å². The minimum absolute atomic E-state index is 0.631. The first-order valence-corrected chi connectivity index (χ1v) is 13.7. The molecule has 0 fully saturated rings. The molecule has 4 nitrogen and oxygen atoms in total. The van der Waals surface area contributed by atoms with Gasteiger partial charge in [-0.2, -0.15) is 0 Å². The van der Waals surface area contributed by atoms with E-state index in [4.69, 9.17) is 19.9 Å². The summed E-state index contributed by atoms with van der Waals surface area (Å²) in [7, 11) is 0. The Balaban J connectivity index is 1.54. The maximum Gasteiger partial charge on any atom is 0.165 e. The van der Waals surface area contributed by atoms with Crippen molar-refractivity contribution in [3.8, 4) is 45.4 Å². The van der Waals surface area contributed by atoms with Crippen molar-refractivity contribution in [3.63, 3.8) is 0 Å². The number of hydrogen-bond donors (Lipinski definition) is 0. The molecule has 0 bridgehead atoms. The zero-order chi connectivity index (χ0) is 26.2. The van der Waals surface area contributed by atoms with E-state index in [9.17, 15) is 0 Å². The predicted molar refractivity (Wildman–Crippen MR) is 157 cm³/mol. The maximum atomic E-state index is 4.94. The lowest BCUT2D eigenvalue weighted by Gasteiger charge is -2.10. The zero-order valence-corrected chi connectivity index (χ0v) is 22.3. The van der Waals surface area contributed by atoms with E-state index < -0.39 is 0 Å². The first kappa shape index (κ1) is 25.5. The molecule has 5 rings (SSSR count). The van der Waals surface area contributed by atoms with Gasteiger partial charge in [0.05, 0.1) is 5.69 Å². The van der Waals surface area contributed by atoms with Gasteiger partial charge < -0.3 is 0 Å². The maximum absolute atomic E-state index is 4.94. The van der Waals surface area contributed by atoms with Crippen LogP contribution in [0.15, 0.2) is 97.2 Å². The van der Waals surface area contributed by atoms with E-state index in [-0.39, 0.29) is 0 Å². The Hall–Kier alpha value is -4.18. The summed E-state index contributed by atoms with van der Waals surface area (Å²) in [6.07, 6.45) is 8.73. The van der Waals surface area contributed by atoms with Gasteiger partial charge in [-0.05, 0) is 55.0 Å². The lowest BCUT2D eigenvalue weighted by molar-refractivity contribution is 0.795. The minimum Gasteiger partial charge on any atom is -0.255 e. The van der Waals surface area contributed by atoms with Crippen molar-refractivity contribution in [2.24, 2.45) is 0 Å². The average molecular weight is 499 g/mol. The largest absolute Gasteiger partial charge is 0.255 e. The predicted octanol–water partition coefficient (Wildman–Crippen LogP) is 8.62. The van der Waals surface area contributed by atoms with Gasteiger partial charge in [-0.1, -0.05) is 99.5 Å². The number of nitrogens with zero attached hydrogens (tertiary/aromatic N) is 4. The summed E-state index contributed by atoms with van der Waals surface area (Å²) in [5, 5.41) is 0. The van der Waals surface area contributed by atoms with Crippen molar-refractivity contribution in [3.05, 3.63) is 108 Å². The van der Waals surface area contributed by atoms with Gasteiger partial charge in [-0.3, -0.25) is 4.98 Å². The lowest BCUT2D eigenvalue weighted by Crippen LogP contribution is -2.01. The summed E-state index contributed by atoms with van der Waals surface area (Å²) in [4.78, 5) is 19.5. The molecule has 2 aromatic heterocycles. The molecule has 38 heavy (non-hydrogen) atoms. The Bertz CT molecular complexity index is 1460. The van der Waals surface area contributed by atoms with Crippen molar-refractivity contribution in [1.82, 2.24) is 19.9 Å². The van der Waals surface area contributed by atoms with E-state index >= 15 is 0 Å². The molecule has 190 valence electrons. The third kappa shape index (κ3) is 6.20. The third-order valence-corrected chi connectivity index (χ3v) is 6.76. The molecule has 0 N–H and O–H groups in total. The summed E-state index contributed by atoms with van der Waals surface area (Å²) in [6.45, 7) is 4.44. The molecule has 0 amide bonds. The van der Waals surface area contributed by atoms with Crippen LogP contribution in [0.5, 0.6) is 0 Å². The van der Waals surface area contributed by atoms with Crippen LogP contribution in [0.1, 0.15) is 50.7 Å². The van der Waals surface area contributed by atoms with Gasteiger partial charge >= 0.3 is 0 Å². The molecule has 0 spiro atoms. The van der Waals surface area contributed by atoms with E-state index in [0.29, 0.717) is 17.5 Å². The van der Waals surface area contributed by atoms with Crippen LogP contribution in [0.3, 0.4) is 0 Å². The van der Waals surface area contributed by atoms with Gasteiger partial charge in [0.1, 0.15) is 0 Å².